The summed E-state index contributed by atoms with van der Waals surface area (Å²) < 4.78 is 0. The molecule has 3 atom stereocenters. The molecule has 0 saturated heterocycles. The molecule has 1 aliphatic rings. The molecular weight excluding hydrogens is 148 g/mol. The molecule has 0 aromatic rings. The van der Waals surface area contributed by atoms with Gasteiger partial charge in [-0.2, -0.15) is 0 Å². The number of aliphatic hydroxyl groups is 1. The summed E-state index contributed by atoms with van der Waals surface area (Å²) in [6, 6.07) is 0. The van der Waals surface area contributed by atoms with Gasteiger partial charge in [-0.1, -0.05) is 33.6 Å². The van der Waals surface area contributed by atoms with Gasteiger partial charge < -0.3 is 5.11 Å². The maximum atomic E-state index is 9.68. The smallest absolute Gasteiger partial charge is 0.0547 e. The van der Waals surface area contributed by atoms with E-state index in [9.17, 15) is 5.11 Å². The molecule has 1 fully saturated rings. The molecule has 0 bridgehead atoms. The van der Waals surface area contributed by atoms with Crippen LogP contribution in [0.5, 0.6) is 0 Å². The van der Waals surface area contributed by atoms with Crippen molar-refractivity contribution in [2.75, 3.05) is 0 Å². The van der Waals surface area contributed by atoms with E-state index in [1.807, 2.05) is 6.92 Å². The molecule has 1 heteroatoms. The van der Waals surface area contributed by atoms with Crippen molar-refractivity contribution in [1.82, 2.24) is 0 Å². The van der Waals surface area contributed by atoms with Crippen LogP contribution < -0.4 is 0 Å². The second-order valence-corrected chi connectivity index (χ2v) is 5.12. The lowest BCUT2D eigenvalue weighted by atomic mass is 9.62. The van der Waals surface area contributed by atoms with Gasteiger partial charge in [0.1, 0.15) is 0 Å². The zero-order valence-electron chi connectivity index (χ0n) is 8.80. The van der Waals surface area contributed by atoms with E-state index < -0.39 is 0 Å². The van der Waals surface area contributed by atoms with Gasteiger partial charge in [-0.05, 0) is 30.6 Å². The van der Waals surface area contributed by atoms with Crippen molar-refractivity contribution in [2.24, 2.45) is 17.3 Å². The molecule has 1 N–H and O–H groups in total. The average Bonchev–Trinajstić information content (AvgIpc) is 1.82. The molecule has 1 aliphatic carbocycles. The van der Waals surface area contributed by atoms with Crippen LogP contribution in [0.4, 0.5) is 0 Å². The quantitative estimate of drug-likeness (QED) is 0.641. The molecule has 12 heavy (non-hydrogen) atoms. The first-order valence-electron chi connectivity index (χ1n) is 5.13. The summed E-state index contributed by atoms with van der Waals surface area (Å²) in [5.74, 6) is 1.18. The van der Waals surface area contributed by atoms with E-state index in [2.05, 4.69) is 20.8 Å². The maximum absolute atomic E-state index is 9.68. The van der Waals surface area contributed by atoms with Crippen LogP contribution in [0.25, 0.3) is 0 Å². The fourth-order valence-corrected chi connectivity index (χ4v) is 3.12. The summed E-state index contributed by atoms with van der Waals surface area (Å²) in [6.07, 6.45) is 3.75. The van der Waals surface area contributed by atoms with E-state index >= 15 is 0 Å². The van der Waals surface area contributed by atoms with Crippen LogP contribution in [-0.4, -0.2) is 11.2 Å². The van der Waals surface area contributed by atoms with Gasteiger partial charge in [-0.25, -0.2) is 0 Å². The summed E-state index contributed by atoms with van der Waals surface area (Å²) in [5, 5.41) is 9.68. The normalized spacial score (nSPS) is 37.8. The Hall–Kier alpha value is -0.0400. The monoisotopic (exact) mass is 170 g/mol. The van der Waals surface area contributed by atoms with Gasteiger partial charge in [0.05, 0.1) is 6.10 Å². The van der Waals surface area contributed by atoms with Gasteiger partial charge in [-0.15, -0.1) is 0 Å². The van der Waals surface area contributed by atoms with Crippen LogP contribution in [-0.2, 0) is 0 Å². The van der Waals surface area contributed by atoms with Crippen molar-refractivity contribution >= 4 is 0 Å². The third-order valence-corrected chi connectivity index (χ3v) is 3.52. The van der Waals surface area contributed by atoms with E-state index in [0.29, 0.717) is 17.3 Å². The van der Waals surface area contributed by atoms with Crippen molar-refractivity contribution in [3.05, 3.63) is 0 Å². The molecule has 0 spiro atoms. The number of rotatable bonds is 1. The fraction of sp³-hybridized carbons (Fsp3) is 1.00. The molecule has 0 aromatic carbocycles. The summed E-state index contributed by atoms with van der Waals surface area (Å²) in [5.41, 5.74) is 0.339. The van der Waals surface area contributed by atoms with Crippen molar-refractivity contribution in [1.29, 1.82) is 0 Å². The highest BCUT2D eigenvalue weighted by Crippen LogP contribution is 2.45. The number of hydrogen-bond acceptors (Lipinski definition) is 1. The Morgan fingerprint density at radius 2 is 2.00 bits per heavy atom. The van der Waals surface area contributed by atoms with E-state index in [-0.39, 0.29) is 6.10 Å². The molecular formula is C11H22O. The molecule has 0 aromatic heterocycles. The molecule has 0 aliphatic heterocycles. The standard InChI is InChI=1S/C11H22O/c1-8-6-5-7-11(3,4)10(8)9(2)12/h8-10,12H,5-7H2,1-4H3. The molecule has 1 rings (SSSR count). The van der Waals surface area contributed by atoms with Crippen molar-refractivity contribution < 1.29 is 5.11 Å². The lowest BCUT2D eigenvalue weighted by molar-refractivity contribution is -0.0179. The first-order valence-corrected chi connectivity index (χ1v) is 5.13. The largest absolute Gasteiger partial charge is 0.393 e. The van der Waals surface area contributed by atoms with E-state index in [4.69, 9.17) is 0 Å². The summed E-state index contributed by atoms with van der Waals surface area (Å²) >= 11 is 0. The molecule has 3 unspecified atom stereocenters. The highest BCUT2D eigenvalue weighted by molar-refractivity contribution is 4.88. The SMILES string of the molecule is CC(O)C1C(C)CCCC1(C)C. The Bertz CT molecular complexity index is 149. The molecule has 0 heterocycles. The molecule has 1 saturated carbocycles. The second kappa shape index (κ2) is 3.37. The lowest BCUT2D eigenvalue weighted by Gasteiger charge is -2.44. The van der Waals surface area contributed by atoms with Crippen molar-refractivity contribution in [3.63, 3.8) is 0 Å². The van der Waals surface area contributed by atoms with Crippen molar-refractivity contribution in [3.8, 4) is 0 Å². The Morgan fingerprint density at radius 3 is 2.33 bits per heavy atom. The first-order chi connectivity index (χ1) is 5.45. The Balaban J connectivity index is 2.74. The van der Waals surface area contributed by atoms with Gasteiger partial charge >= 0.3 is 0 Å². The highest BCUT2D eigenvalue weighted by Gasteiger charge is 2.39. The second-order valence-electron chi connectivity index (χ2n) is 5.12. The first kappa shape index (κ1) is 10.0. The number of aliphatic hydroxyl groups excluding tert-OH is 1. The predicted molar refractivity (Wildman–Crippen MR) is 52.0 cm³/mol. The maximum Gasteiger partial charge on any atom is 0.0547 e. The topological polar surface area (TPSA) is 20.2 Å². The predicted octanol–water partition coefficient (Wildman–Crippen LogP) is 2.83. The fourth-order valence-electron chi connectivity index (χ4n) is 3.12. The summed E-state index contributed by atoms with van der Waals surface area (Å²) in [4.78, 5) is 0. The van der Waals surface area contributed by atoms with Gasteiger partial charge in [0.25, 0.3) is 0 Å². The summed E-state index contributed by atoms with van der Waals surface area (Å²) in [6.45, 7) is 8.80. The van der Waals surface area contributed by atoms with Crippen molar-refractivity contribution in [2.45, 2.75) is 53.1 Å². The third kappa shape index (κ3) is 1.82. The Morgan fingerprint density at radius 1 is 1.42 bits per heavy atom. The Labute approximate surface area is 76.2 Å². The van der Waals surface area contributed by atoms with Gasteiger partial charge in [0.15, 0.2) is 0 Å². The van der Waals surface area contributed by atoms with Crippen LogP contribution in [0.3, 0.4) is 0 Å². The molecule has 0 radical (unpaired) electrons. The zero-order chi connectivity index (χ0) is 9.35. The molecule has 1 nitrogen and oxygen atoms in total. The lowest BCUT2D eigenvalue weighted by Crippen LogP contribution is -2.40. The van der Waals surface area contributed by atoms with Gasteiger partial charge in [0, 0.05) is 0 Å². The van der Waals surface area contributed by atoms with E-state index in [1.54, 1.807) is 0 Å². The Kier molecular flexibility index (Phi) is 2.82. The molecule has 72 valence electrons. The van der Waals surface area contributed by atoms with Gasteiger partial charge in [-0.3, -0.25) is 0 Å². The minimum Gasteiger partial charge on any atom is -0.393 e. The van der Waals surface area contributed by atoms with Crippen LogP contribution >= 0.6 is 0 Å². The van der Waals surface area contributed by atoms with Crippen LogP contribution in [0.1, 0.15) is 47.0 Å². The van der Waals surface area contributed by atoms with E-state index in [1.165, 1.54) is 19.3 Å². The third-order valence-electron chi connectivity index (χ3n) is 3.52. The van der Waals surface area contributed by atoms with Gasteiger partial charge in [0.2, 0.25) is 0 Å². The number of hydrogen-bond donors (Lipinski definition) is 1. The highest BCUT2D eigenvalue weighted by atomic mass is 16.3. The van der Waals surface area contributed by atoms with Crippen LogP contribution in [0, 0.1) is 17.3 Å². The minimum absolute atomic E-state index is 0.143. The van der Waals surface area contributed by atoms with E-state index in [0.717, 1.165) is 0 Å². The van der Waals surface area contributed by atoms with Crippen LogP contribution in [0.15, 0.2) is 0 Å². The van der Waals surface area contributed by atoms with Crippen LogP contribution in [0.2, 0.25) is 0 Å². The minimum atomic E-state index is -0.143. The summed E-state index contributed by atoms with van der Waals surface area (Å²) in [7, 11) is 0. The average molecular weight is 170 g/mol. The zero-order valence-corrected chi connectivity index (χ0v) is 8.80. The molecule has 0 amide bonds.